The zero-order valence-corrected chi connectivity index (χ0v) is 10.9. The van der Waals surface area contributed by atoms with E-state index in [1.54, 1.807) is 0 Å². The van der Waals surface area contributed by atoms with Crippen LogP contribution in [0.25, 0.3) is 0 Å². The van der Waals surface area contributed by atoms with E-state index < -0.39 is 7.82 Å². The van der Waals surface area contributed by atoms with Crippen LogP contribution in [0.3, 0.4) is 0 Å². The Labute approximate surface area is 97.8 Å². The average molecular weight is 256 g/mol. The Hall–Kier alpha value is 0.0700. The molecular formula is C10H25O5P. The lowest BCUT2D eigenvalue weighted by atomic mass is 10.1. The molecule has 0 aromatic carbocycles. The van der Waals surface area contributed by atoms with Gasteiger partial charge in [0.15, 0.2) is 0 Å². The standard InChI is InChI=1S/C10H22O.H3O4P/c1-2-3-4-5-6-7-8-9-10-11;1-5(2,3)4/h11H,2-10H2,1H3;(H3,1,2,3,4). The lowest BCUT2D eigenvalue weighted by Gasteiger charge is -1.98. The molecule has 0 unspecified atom stereocenters. The van der Waals surface area contributed by atoms with E-state index in [0.717, 1.165) is 6.42 Å². The number of hydrogen-bond acceptors (Lipinski definition) is 2. The van der Waals surface area contributed by atoms with Gasteiger partial charge in [-0.3, -0.25) is 0 Å². The van der Waals surface area contributed by atoms with E-state index in [1.807, 2.05) is 0 Å². The van der Waals surface area contributed by atoms with Gasteiger partial charge in [-0.15, -0.1) is 0 Å². The Morgan fingerprint density at radius 2 is 1.12 bits per heavy atom. The number of unbranched alkanes of at least 4 members (excludes halogenated alkanes) is 7. The van der Waals surface area contributed by atoms with Crippen LogP contribution in [-0.2, 0) is 4.57 Å². The molecule has 0 spiro atoms. The predicted molar refractivity (Wildman–Crippen MR) is 64.0 cm³/mol. The summed E-state index contributed by atoms with van der Waals surface area (Å²) in [5.74, 6) is 0. The molecule has 0 aliphatic heterocycles. The Kier molecular flexibility index (Phi) is 15.1. The summed E-state index contributed by atoms with van der Waals surface area (Å²) in [6.45, 7) is 2.61. The van der Waals surface area contributed by atoms with Crippen LogP contribution in [-0.4, -0.2) is 26.4 Å². The molecule has 0 aromatic rings. The highest BCUT2D eigenvalue weighted by Gasteiger charge is 2.00. The van der Waals surface area contributed by atoms with Gasteiger partial charge in [0.25, 0.3) is 0 Å². The highest BCUT2D eigenvalue weighted by atomic mass is 31.2. The van der Waals surface area contributed by atoms with Gasteiger partial charge in [-0.05, 0) is 6.42 Å². The topological polar surface area (TPSA) is 98.0 Å². The summed E-state index contributed by atoms with van der Waals surface area (Å²) < 4.78 is 8.88. The van der Waals surface area contributed by atoms with Crippen LogP contribution in [0.1, 0.15) is 58.3 Å². The van der Waals surface area contributed by atoms with Gasteiger partial charge in [-0.2, -0.15) is 0 Å². The van der Waals surface area contributed by atoms with Gasteiger partial charge >= 0.3 is 7.82 Å². The molecule has 0 aliphatic rings. The third kappa shape index (κ3) is 36.9. The van der Waals surface area contributed by atoms with Crippen molar-refractivity contribution in [3.63, 3.8) is 0 Å². The largest absolute Gasteiger partial charge is 0.466 e. The average Bonchev–Trinajstić information content (AvgIpc) is 2.14. The molecule has 0 fully saturated rings. The normalized spacial score (nSPS) is 10.8. The van der Waals surface area contributed by atoms with E-state index >= 15 is 0 Å². The first-order chi connectivity index (χ1) is 7.41. The molecule has 6 heteroatoms. The van der Waals surface area contributed by atoms with Crippen LogP contribution in [0.4, 0.5) is 0 Å². The molecule has 100 valence electrons. The van der Waals surface area contributed by atoms with Crippen molar-refractivity contribution in [3.8, 4) is 0 Å². The number of aliphatic hydroxyl groups excluding tert-OH is 1. The van der Waals surface area contributed by atoms with Crippen molar-refractivity contribution in [2.45, 2.75) is 58.3 Å². The van der Waals surface area contributed by atoms with Crippen LogP contribution >= 0.6 is 7.82 Å². The first-order valence-corrected chi connectivity index (χ1v) is 7.37. The van der Waals surface area contributed by atoms with Crippen molar-refractivity contribution in [3.05, 3.63) is 0 Å². The molecule has 0 saturated carbocycles. The monoisotopic (exact) mass is 256 g/mol. The smallest absolute Gasteiger partial charge is 0.396 e. The lowest BCUT2D eigenvalue weighted by molar-refractivity contribution is 0.275. The number of rotatable bonds is 8. The third-order valence-electron chi connectivity index (χ3n) is 2.01. The van der Waals surface area contributed by atoms with Crippen LogP contribution in [0, 0.1) is 0 Å². The molecule has 0 atom stereocenters. The summed E-state index contributed by atoms with van der Waals surface area (Å²) in [6, 6.07) is 0. The Morgan fingerprint density at radius 3 is 1.44 bits per heavy atom. The van der Waals surface area contributed by atoms with E-state index in [1.165, 1.54) is 44.9 Å². The SMILES string of the molecule is CCCCCCCCCCO.O=P(O)(O)O. The highest BCUT2D eigenvalue weighted by molar-refractivity contribution is 7.45. The molecule has 0 heterocycles. The van der Waals surface area contributed by atoms with E-state index in [9.17, 15) is 0 Å². The maximum Gasteiger partial charge on any atom is 0.466 e. The second-order valence-electron chi connectivity index (χ2n) is 3.71. The van der Waals surface area contributed by atoms with Gasteiger partial charge in [0.2, 0.25) is 0 Å². The summed E-state index contributed by atoms with van der Waals surface area (Å²) in [5, 5.41) is 8.51. The van der Waals surface area contributed by atoms with E-state index in [2.05, 4.69) is 6.92 Å². The van der Waals surface area contributed by atoms with E-state index in [-0.39, 0.29) is 0 Å². The minimum atomic E-state index is -4.64. The highest BCUT2D eigenvalue weighted by Crippen LogP contribution is 2.25. The zero-order chi connectivity index (χ0) is 12.9. The summed E-state index contributed by atoms with van der Waals surface area (Å²) in [5.41, 5.74) is 0. The van der Waals surface area contributed by atoms with Crippen LogP contribution in [0.15, 0.2) is 0 Å². The van der Waals surface area contributed by atoms with Crippen molar-refractivity contribution in [2.24, 2.45) is 0 Å². The van der Waals surface area contributed by atoms with Crippen molar-refractivity contribution in [1.82, 2.24) is 0 Å². The molecule has 0 aromatic heterocycles. The van der Waals surface area contributed by atoms with Crippen LogP contribution in [0.5, 0.6) is 0 Å². The minimum Gasteiger partial charge on any atom is -0.396 e. The van der Waals surface area contributed by atoms with Gasteiger partial charge < -0.3 is 19.8 Å². The molecule has 4 N–H and O–H groups in total. The molecule has 5 nitrogen and oxygen atoms in total. The number of phosphoric acid groups is 1. The van der Waals surface area contributed by atoms with E-state index in [0.29, 0.717) is 6.61 Å². The molecule has 0 radical (unpaired) electrons. The van der Waals surface area contributed by atoms with Gasteiger partial charge in [0, 0.05) is 6.61 Å². The lowest BCUT2D eigenvalue weighted by Crippen LogP contribution is -1.83. The maximum absolute atomic E-state index is 8.88. The second-order valence-corrected chi connectivity index (χ2v) is 4.74. The number of hydrogen-bond donors (Lipinski definition) is 4. The molecule has 0 bridgehead atoms. The maximum atomic E-state index is 8.88. The van der Waals surface area contributed by atoms with E-state index in [4.69, 9.17) is 24.4 Å². The summed E-state index contributed by atoms with van der Waals surface area (Å²) in [6.07, 6.45) is 10.4. The van der Waals surface area contributed by atoms with Gasteiger partial charge in [-0.1, -0.05) is 51.9 Å². The predicted octanol–water partition coefficient (Wildman–Crippen LogP) is 2.19. The van der Waals surface area contributed by atoms with Gasteiger partial charge in [0.05, 0.1) is 0 Å². The molecule has 0 saturated heterocycles. The minimum absolute atomic E-state index is 0.370. The van der Waals surface area contributed by atoms with Gasteiger partial charge in [0.1, 0.15) is 0 Å². The summed E-state index contributed by atoms with van der Waals surface area (Å²) >= 11 is 0. The van der Waals surface area contributed by atoms with Crippen molar-refractivity contribution in [2.75, 3.05) is 6.61 Å². The molecule has 16 heavy (non-hydrogen) atoms. The Balaban J connectivity index is 0. The first-order valence-electron chi connectivity index (χ1n) is 5.81. The third-order valence-corrected chi connectivity index (χ3v) is 2.01. The molecule has 0 rings (SSSR count). The second kappa shape index (κ2) is 13.1. The first kappa shape index (κ1) is 18.4. The van der Waals surface area contributed by atoms with Crippen molar-refractivity contribution in [1.29, 1.82) is 0 Å². The van der Waals surface area contributed by atoms with Gasteiger partial charge in [-0.25, -0.2) is 4.57 Å². The zero-order valence-electron chi connectivity index (χ0n) is 10.0. The fraction of sp³-hybridized carbons (Fsp3) is 1.00. The Morgan fingerprint density at radius 1 is 0.812 bits per heavy atom. The summed E-state index contributed by atoms with van der Waals surface area (Å²) in [4.78, 5) is 21.6. The fourth-order valence-electron chi connectivity index (χ4n) is 1.25. The summed E-state index contributed by atoms with van der Waals surface area (Å²) in [7, 11) is -4.64. The van der Waals surface area contributed by atoms with Crippen molar-refractivity contribution >= 4 is 7.82 Å². The van der Waals surface area contributed by atoms with Crippen LogP contribution in [0.2, 0.25) is 0 Å². The van der Waals surface area contributed by atoms with Crippen LogP contribution < -0.4 is 0 Å². The number of aliphatic hydroxyl groups is 1. The Bertz CT molecular complexity index is 152. The molecule has 0 amide bonds. The quantitative estimate of drug-likeness (QED) is 0.394. The molecule has 0 aliphatic carbocycles. The molecular weight excluding hydrogens is 231 g/mol. The fourth-order valence-corrected chi connectivity index (χ4v) is 1.25. The van der Waals surface area contributed by atoms with Crippen molar-refractivity contribution < 1.29 is 24.4 Å².